The first-order valence-electron chi connectivity index (χ1n) is 7.15. The fourth-order valence-corrected chi connectivity index (χ4v) is 2.96. The Morgan fingerprint density at radius 1 is 1.05 bits per heavy atom. The van der Waals surface area contributed by atoms with Crippen molar-refractivity contribution in [2.24, 2.45) is 0 Å². The van der Waals surface area contributed by atoms with E-state index in [4.69, 9.17) is 0 Å². The minimum atomic E-state index is 0.529. The molecule has 20 heavy (non-hydrogen) atoms. The molecule has 0 aliphatic rings. The third-order valence-electron chi connectivity index (χ3n) is 3.26. The van der Waals surface area contributed by atoms with Crippen LogP contribution in [-0.2, 0) is 12.3 Å². The molecule has 0 spiro atoms. The second kappa shape index (κ2) is 7.51. The highest BCUT2D eigenvalue weighted by Crippen LogP contribution is 2.25. The Hall–Kier alpha value is -1.25. The Labute approximate surface area is 126 Å². The van der Waals surface area contributed by atoms with Crippen LogP contribution in [0, 0.1) is 6.92 Å². The molecule has 2 rings (SSSR count). The van der Waals surface area contributed by atoms with E-state index in [1.165, 1.54) is 21.6 Å². The molecule has 2 aromatic carbocycles. The van der Waals surface area contributed by atoms with Gasteiger partial charge in [0.15, 0.2) is 0 Å². The van der Waals surface area contributed by atoms with Crippen molar-refractivity contribution in [1.82, 2.24) is 5.32 Å². The smallest absolute Gasteiger partial charge is 0.0231 e. The van der Waals surface area contributed by atoms with Gasteiger partial charge < -0.3 is 5.32 Å². The second-order valence-corrected chi connectivity index (χ2v) is 6.45. The van der Waals surface area contributed by atoms with Gasteiger partial charge in [0.05, 0.1) is 0 Å². The van der Waals surface area contributed by atoms with Gasteiger partial charge in [-0.2, -0.15) is 0 Å². The topological polar surface area (TPSA) is 12.0 Å². The number of nitrogens with one attached hydrogen (secondary N) is 1. The number of thioether (sulfide) groups is 1. The molecular weight excluding hydrogens is 262 g/mol. The van der Waals surface area contributed by atoms with Crippen LogP contribution in [-0.4, -0.2) is 6.04 Å². The van der Waals surface area contributed by atoms with Gasteiger partial charge in [0.2, 0.25) is 0 Å². The van der Waals surface area contributed by atoms with E-state index in [1.807, 2.05) is 11.8 Å². The Balaban J connectivity index is 1.95. The average Bonchev–Trinajstić information content (AvgIpc) is 2.45. The maximum absolute atomic E-state index is 3.47. The van der Waals surface area contributed by atoms with Crippen LogP contribution in [0.25, 0.3) is 0 Å². The van der Waals surface area contributed by atoms with Crippen molar-refractivity contribution >= 4 is 11.8 Å². The van der Waals surface area contributed by atoms with Crippen LogP contribution in [0.15, 0.2) is 53.4 Å². The third-order valence-corrected chi connectivity index (χ3v) is 4.33. The largest absolute Gasteiger partial charge is 0.310 e. The van der Waals surface area contributed by atoms with Crippen molar-refractivity contribution in [2.45, 2.75) is 44.0 Å². The van der Waals surface area contributed by atoms with Gasteiger partial charge in [0.25, 0.3) is 0 Å². The van der Waals surface area contributed by atoms with Crippen molar-refractivity contribution in [3.8, 4) is 0 Å². The molecule has 106 valence electrons. The van der Waals surface area contributed by atoms with Crippen LogP contribution >= 0.6 is 11.8 Å². The van der Waals surface area contributed by atoms with Gasteiger partial charge in [-0.1, -0.05) is 50.2 Å². The SMILES string of the molecule is Cc1cc(SCc2ccccc2)ccc1CNC(C)C. The highest BCUT2D eigenvalue weighted by atomic mass is 32.2. The van der Waals surface area contributed by atoms with Gasteiger partial charge in [-0.15, -0.1) is 11.8 Å². The summed E-state index contributed by atoms with van der Waals surface area (Å²) in [6.45, 7) is 7.51. The van der Waals surface area contributed by atoms with Gasteiger partial charge in [-0.3, -0.25) is 0 Å². The zero-order valence-electron chi connectivity index (χ0n) is 12.5. The van der Waals surface area contributed by atoms with E-state index in [0.29, 0.717) is 6.04 Å². The van der Waals surface area contributed by atoms with Gasteiger partial charge in [-0.25, -0.2) is 0 Å². The molecule has 0 radical (unpaired) electrons. The molecule has 0 fully saturated rings. The molecule has 2 heteroatoms. The van der Waals surface area contributed by atoms with E-state index in [2.05, 4.69) is 74.6 Å². The highest BCUT2D eigenvalue weighted by molar-refractivity contribution is 7.98. The number of aryl methyl sites for hydroxylation is 1. The fraction of sp³-hybridized carbons (Fsp3) is 0.333. The quantitative estimate of drug-likeness (QED) is 0.766. The summed E-state index contributed by atoms with van der Waals surface area (Å²) in [7, 11) is 0. The Morgan fingerprint density at radius 3 is 2.45 bits per heavy atom. The van der Waals surface area contributed by atoms with Gasteiger partial charge in [0.1, 0.15) is 0 Å². The van der Waals surface area contributed by atoms with Gasteiger partial charge in [0, 0.05) is 23.2 Å². The molecule has 0 aliphatic heterocycles. The summed E-state index contributed by atoms with van der Waals surface area (Å²) in [6.07, 6.45) is 0. The summed E-state index contributed by atoms with van der Waals surface area (Å²) in [5.74, 6) is 1.03. The lowest BCUT2D eigenvalue weighted by Gasteiger charge is -2.12. The summed E-state index contributed by atoms with van der Waals surface area (Å²) in [5, 5.41) is 3.47. The van der Waals surface area contributed by atoms with E-state index < -0.39 is 0 Å². The molecule has 0 atom stereocenters. The van der Waals surface area contributed by atoms with Crippen molar-refractivity contribution in [1.29, 1.82) is 0 Å². The molecule has 0 unspecified atom stereocenters. The summed E-state index contributed by atoms with van der Waals surface area (Å²) in [5.41, 5.74) is 4.14. The van der Waals surface area contributed by atoms with E-state index in [9.17, 15) is 0 Å². The number of benzene rings is 2. The lowest BCUT2D eigenvalue weighted by molar-refractivity contribution is 0.587. The highest BCUT2D eigenvalue weighted by Gasteiger charge is 2.02. The van der Waals surface area contributed by atoms with Crippen LogP contribution in [0.2, 0.25) is 0 Å². The van der Waals surface area contributed by atoms with Gasteiger partial charge in [-0.05, 0) is 35.7 Å². The first-order valence-corrected chi connectivity index (χ1v) is 8.13. The average molecular weight is 285 g/mol. The predicted octanol–water partition coefficient (Wildman–Crippen LogP) is 4.79. The van der Waals surface area contributed by atoms with Crippen molar-refractivity contribution < 1.29 is 0 Å². The van der Waals surface area contributed by atoms with Crippen LogP contribution in [0.5, 0.6) is 0 Å². The van der Waals surface area contributed by atoms with Crippen LogP contribution in [0.1, 0.15) is 30.5 Å². The molecular formula is C18H23NS. The van der Waals surface area contributed by atoms with E-state index in [0.717, 1.165) is 12.3 Å². The predicted molar refractivity (Wildman–Crippen MR) is 89.2 cm³/mol. The number of hydrogen-bond acceptors (Lipinski definition) is 2. The maximum Gasteiger partial charge on any atom is 0.0231 e. The minimum Gasteiger partial charge on any atom is -0.310 e. The molecule has 0 amide bonds. The molecule has 1 N–H and O–H groups in total. The van der Waals surface area contributed by atoms with Crippen molar-refractivity contribution in [3.63, 3.8) is 0 Å². The molecule has 0 aliphatic carbocycles. The summed E-state index contributed by atoms with van der Waals surface area (Å²) in [6, 6.07) is 17.9. The van der Waals surface area contributed by atoms with E-state index in [1.54, 1.807) is 0 Å². The molecule has 0 saturated heterocycles. The lowest BCUT2D eigenvalue weighted by atomic mass is 10.1. The molecule has 0 aromatic heterocycles. The van der Waals surface area contributed by atoms with Crippen molar-refractivity contribution in [3.05, 3.63) is 65.2 Å². The zero-order valence-corrected chi connectivity index (χ0v) is 13.3. The normalized spacial score (nSPS) is 11.0. The van der Waals surface area contributed by atoms with Crippen LogP contribution in [0.3, 0.4) is 0 Å². The maximum atomic E-state index is 3.47. The first-order chi connectivity index (χ1) is 9.65. The Bertz CT molecular complexity index is 534. The summed E-state index contributed by atoms with van der Waals surface area (Å²) < 4.78 is 0. The monoisotopic (exact) mass is 285 g/mol. The Kier molecular flexibility index (Phi) is 5.69. The number of hydrogen-bond donors (Lipinski definition) is 1. The van der Waals surface area contributed by atoms with Crippen molar-refractivity contribution in [2.75, 3.05) is 0 Å². The van der Waals surface area contributed by atoms with Gasteiger partial charge >= 0.3 is 0 Å². The zero-order chi connectivity index (χ0) is 14.4. The van der Waals surface area contributed by atoms with E-state index >= 15 is 0 Å². The standard InChI is InChI=1S/C18H23NS/c1-14(2)19-12-17-9-10-18(11-15(17)3)20-13-16-7-5-4-6-8-16/h4-11,14,19H,12-13H2,1-3H3. The fourth-order valence-electron chi connectivity index (χ4n) is 2.01. The number of rotatable bonds is 6. The summed E-state index contributed by atoms with van der Waals surface area (Å²) in [4.78, 5) is 1.35. The van der Waals surface area contributed by atoms with Crippen LogP contribution < -0.4 is 5.32 Å². The summed E-state index contributed by atoms with van der Waals surface area (Å²) >= 11 is 1.90. The van der Waals surface area contributed by atoms with E-state index in [-0.39, 0.29) is 0 Å². The second-order valence-electron chi connectivity index (χ2n) is 5.40. The first kappa shape index (κ1) is 15.1. The lowest BCUT2D eigenvalue weighted by Crippen LogP contribution is -2.22. The van der Waals surface area contributed by atoms with Crippen LogP contribution in [0.4, 0.5) is 0 Å². The molecule has 0 saturated carbocycles. The Morgan fingerprint density at radius 2 is 1.80 bits per heavy atom. The minimum absolute atomic E-state index is 0.529. The molecule has 2 aromatic rings. The molecule has 1 nitrogen and oxygen atoms in total. The molecule has 0 bridgehead atoms. The third kappa shape index (κ3) is 4.69. The molecule has 0 heterocycles.